The van der Waals surface area contributed by atoms with Crippen molar-refractivity contribution in [2.75, 3.05) is 0 Å². The maximum Gasteiger partial charge on any atom is 0.141 e. The number of hydrogen-bond acceptors (Lipinski definition) is 1. The predicted molar refractivity (Wildman–Crippen MR) is 78.5 cm³/mol. The topological polar surface area (TPSA) is 20.2 Å². The van der Waals surface area contributed by atoms with E-state index in [4.69, 9.17) is 11.6 Å². The van der Waals surface area contributed by atoms with Crippen LogP contribution in [0.2, 0.25) is 5.02 Å². The Hall–Kier alpha value is -1.38. The zero-order chi connectivity index (χ0) is 14.3. The van der Waals surface area contributed by atoms with Crippen LogP contribution in [0.1, 0.15) is 28.7 Å². The van der Waals surface area contributed by atoms with E-state index in [9.17, 15) is 9.50 Å². The van der Waals surface area contributed by atoms with Gasteiger partial charge in [0.05, 0.1) is 10.6 Å². The Balaban J connectivity index is 1.95. The quantitative estimate of drug-likeness (QED) is 0.880. The molecular formula is C17H16ClFO. The first kappa shape index (κ1) is 13.6. The summed E-state index contributed by atoms with van der Waals surface area (Å²) in [6, 6.07) is 10.8. The molecule has 0 amide bonds. The van der Waals surface area contributed by atoms with Crippen molar-refractivity contribution in [2.45, 2.75) is 31.8 Å². The van der Waals surface area contributed by atoms with E-state index in [-0.39, 0.29) is 5.02 Å². The van der Waals surface area contributed by atoms with Crippen molar-refractivity contribution in [1.82, 2.24) is 0 Å². The largest absolute Gasteiger partial charge is 0.385 e. The molecule has 1 aliphatic carbocycles. The Morgan fingerprint density at radius 2 is 2.05 bits per heavy atom. The molecule has 2 aromatic rings. The summed E-state index contributed by atoms with van der Waals surface area (Å²) in [6.07, 6.45) is 2.03. The predicted octanol–water partition coefficient (Wildman–Crippen LogP) is 4.16. The highest BCUT2D eigenvalue weighted by atomic mass is 35.5. The Bertz CT molecular complexity index is 668. The first-order valence-electron chi connectivity index (χ1n) is 6.74. The van der Waals surface area contributed by atoms with Crippen LogP contribution >= 0.6 is 11.6 Å². The summed E-state index contributed by atoms with van der Waals surface area (Å²) in [5, 5.41) is 11.0. The van der Waals surface area contributed by atoms with Gasteiger partial charge < -0.3 is 5.11 Å². The number of rotatable bonds is 2. The molecule has 1 unspecified atom stereocenters. The lowest BCUT2D eigenvalue weighted by molar-refractivity contribution is 0.0389. The Morgan fingerprint density at radius 1 is 1.25 bits per heavy atom. The average Bonchev–Trinajstić information content (AvgIpc) is 2.72. The fourth-order valence-electron chi connectivity index (χ4n) is 2.99. The number of aryl methyl sites for hydroxylation is 2. The Morgan fingerprint density at radius 3 is 2.80 bits per heavy atom. The van der Waals surface area contributed by atoms with E-state index < -0.39 is 11.4 Å². The molecule has 1 nitrogen and oxygen atoms in total. The monoisotopic (exact) mass is 290 g/mol. The van der Waals surface area contributed by atoms with Crippen LogP contribution in [0.25, 0.3) is 0 Å². The fourth-order valence-corrected chi connectivity index (χ4v) is 3.19. The molecule has 1 N–H and O–H groups in total. The molecular weight excluding hydrogens is 275 g/mol. The minimum absolute atomic E-state index is 0.105. The minimum Gasteiger partial charge on any atom is -0.385 e. The average molecular weight is 291 g/mol. The maximum atomic E-state index is 13.2. The number of fused-ring (bicyclic) bond motifs is 1. The van der Waals surface area contributed by atoms with Gasteiger partial charge in [-0.25, -0.2) is 4.39 Å². The summed E-state index contributed by atoms with van der Waals surface area (Å²) in [5.41, 5.74) is 3.32. The summed E-state index contributed by atoms with van der Waals surface area (Å²) in [6.45, 7) is 2.02. The SMILES string of the molecule is Cc1ccc2c(c1)C(O)(Cc1ccc(F)c(Cl)c1)CC2. The summed E-state index contributed by atoms with van der Waals surface area (Å²) in [4.78, 5) is 0. The summed E-state index contributed by atoms with van der Waals surface area (Å²) in [7, 11) is 0. The second kappa shape index (κ2) is 4.87. The summed E-state index contributed by atoms with van der Waals surface area (Å²) in [5.74, 6) is -0.426. The lowest BCUT2D eigenvalue weighted by atomic mass is 9.88. The van der Waals surface area contributed by atoms with Crippen LogP contribution in [0.15, 0.2) is 36.4 Å². The molecule has 0 saturated carbocycles. The third-order valence-corrected chi connectivity index (χ3v) is 4.34. The van der Waals surface area contributed by atoms with Gasteiger partial charge in [0, 0.05) is 6.42 Å². The highest BCUT2D eigenvalue weighted by Crippen LogP contribution is 2.40. The third kappa shape index (κ3) is 2.34. The molecule has 0 bridgehead atoms. The molecule has 3 rings (SSSR count). The number of hydrogen-bond donors (Lipinski definition) is 1. The molecule has 20 heavy (non-hydrogen) atoms. The normalized spacial score (nSPS) is 21.0. The van der Waals surface area contributed by atoms with E-state index in [1.54, 1.807) is 12.1 Å². The molecule has 0 aliphatic heterocycles. The minimum atomic E-state index is -0.873. The molecule has 1 atom stereocenters. The maximum absolute atomic E-state index is 13.2. The van der Waals surface area contributed by atoms with Crippen LogP contribution in [0.4, 0.5) is 4.39 Å². The second-order valence-electron chi connectivity index (χ2n) is 5.62. The van der Waals surface area contributed by atoms with E-state index in [0.29, 0.717) is 12.8 Å². The van der Waals surface area contributed by atoms with Crippen molar-refractivity contribution in [1.29, 1.82) is 0 Å². The number of halogens is 2. The van der Waals surface area contributed by atoms with Gasteiger partial charge in [-0.2, -0.15) is 0 Å². The standard InChI is InChI=1S/C17H16ClFO/c1-11-2-4-13-6-7-17(20,14(13)8-11)10-12-3-5-16(19)15(18)9-12/h2-5,8-9,20H,6-7,10H2,1H3. The van der Waals surface area contributed by atoms with Gasteiger partial charge in [-0.15, -0.1) is 0 Å². The number of benzene rings is 2. The van der Waals surface area contributed by atoms with Crippen LogP contribution in [0.3, 0.4) is 0 Å². The lowest BCUT2D eigenvalue weighted by Gasteiger charge is -2.24. The molecule has 0 heterocycles. The molecule has 0 aromatic heterocycles. The van der Waals surface area contributed by atoms with Crippen molar-refractivity contribution in [2.24, 2.45) is 0 Å². The van der Waals surface area contributed by atoms with Crippen molar-refractivity contribution in [3.8, 4) is 0 Å². The van der Waals surface area contributed by atoms with E-state index in [1.807, 2.05) is 13.0 Å². The zero-order valence-electron chi connectivity index (χ0n) is 11.3. The molecule has 104 valence electrons. The van der Waals surface area contributed by atoms with Crippen LogP contribution in [0, 0.1) is 12.7 Å². The van der Waals surface area contributed by atoms with Gasteiger partial charge in [0.1, 0.15) is 5.82 Å². The van der Waals surface area contributed by atoms with Gasteiger partial charge >= 0.3 is 0 Å². The third-order valence-electron chi connectivity index (χ3n) is 4.06. The van der Waals surface area contributed by atoms with Crippen molar-refractivity contribution in [3.05, 3.63) is 69.5 Å². The number of aliphatic hydroxyl groups is 1. The van der Waals surface area contributed by atoms with Gasteiger partial charge in [0.15, 0.2) is 0 Å². The Kier molecular flexibility index (Phi) is 3.31. The lowest BCUT2D eigenvalue weighted by Crippen LogP contribution is -2.25. The molecule has 0 radical (unpaired) electrons. The molecule has 0 spiro atoms. The Labute approximate surface area is 123 Å². The van der Waals surface area contributed by atoms with Gasteiger partial charge in [-0.1, -0.05) is 41.4 Å². The fraction of sp³-hybridized carbons (Fsp3) is 0.294. The highest BCUT2D eigenvalue weighted by Gasteiger charge is 2.36. The van der Waals surface area contributed by atoms with Gasteiger partial charge in [0.25, 0.3) is 0 Å². The highest BCUT2D eigenvalue weighted by molar-refractivity contribution is 6.30. The van der Waals surface area contributed by atoms with Crippen LogP contribution in [-0.2, 0) is 18.4 Å². The van der Waals surface area contributed by atoms with E-state index in [2.05, 4.69) is 12.1 Å². The van der Waals surface area contributed by atoms with Crippen molar-refractivity contribution in [3.63, 3.8) is 0 Å². The second-order valence-corrected chi connectivity index (χ2v) is 6.02. The first-order valence-corrected chi connectivity index (χ1v) is 7.12. The van der Waals surface area contributed by atoms with Gasteiger partial charge in [0.2, 0.25) is 0 Å². The zero-order valence-corrected chi connectivity index (χ0v) is 12.0. The molecule has 3 heteroatoms. The van der Waals surface area contributed by atoms with E-state index >= 15 is 0 Å². The van der Waals surface area contributed by atoms with Crippen molar-refractivity contribution < 1.29 is 9.50 Å². The van der Waals surface area contributed by atoms with Crippen LogP contribution in [0.5, 0.6) is 0 Å². The summed E-state index contributed by atoms with van der Waals surface area (Å²) < 4.78 is 13.2. The first-order chi connectivity index (χ1) is 9.48. The smallest absolute Gasteiger partial charge is 0.141 e. The molecule has 0 fully saturated rings. The van der Waals surface area contributed by atoms with Gasteiger partial charge in [-0.3, -0.25) is 0 Å². The van der Waals surface area contributed by atoms with Crippen molar-refractivity contribution >= 4 is 11.6 Å². The van der Waals surface area contributed by atoms with Crippen LogP contribution < -0.4 is 0 Å². The van der Waals surface area contributed by atoms with E-state index in [0.717, 1.165) is 23.1 Å². The van der Waals surface area contributed by atoms with E-state index in [1.165, 1.54) is 11.6 Å². The van der Waals surface area contributed by atoms with Crippen LogP contribution in [-0.4, -0.2) is 5.11 Å². The molecule has 1 aliphatic rings. The summed E-state index contributed by atoms with van der Waals surface area (Å²) >= 11 is 5.81. The van der Waals surface area contributed by atoms with Gasteiger partial charge in [-0.05, 0) is 48.6 Å². The molecule has 2 aromatic carbocycles. The molecule has 0 saturated heterocycles.